The average Bonchev–Trinajstić information content (AvgIpc) is 3.76. The number of phosphoric ester groups is 1. The number of aromatic amines is 1. The minimum atomic E-state index is -5.72. The van der Waals surface area contributed by atoms with Crippen molar-refractivity contribution in [2.24, 2.45) is 4.99 Å². The minimum absolute atomic E-state index is 0.00671. The van der Waals surface area contributed by atoms with Gasteiger partial charge in [-0.15, -0.1) is 0 Å². The molecule has 0 radical (unpaired) electrons. The van der Waals surface area contributed by atoms with Crippen molar-refractivity contribution in [3.63, 3.8) is 0 Å². The first-order valence-electron chi connectivity index (χ1n) is 22.4. The second-order valence-electron chi connectivity index (χ2n) is 16.4. The van der Waals surface area contributed by atoms with E-state index in [1.807, 2.05) is 52.0 Å². The SMILES string of the molecule is CCN=c1cc2oc3cc(NCC)c(C)cc3c(-c3cc(C(=O)NCCCCCC(=O)NCC#Cc4cn(C5CCC(COP(=O)(O)OP(=O)(O)OP(=O)(O)O)O5)c(=O)[nH]c4=O)ccc3C(=O)O)c-2cc1C. The number of nitrogens with one attached hydrogen (secondary N) is 4. The fourth-order valence-electron chi connectivity index (χ4n) is 7.82. The van der Waals surface area contributed by atoms with Gasteiger partial charge < -0.3 is 49.8 Å². The molecule has 1 fully saturated rings. The number of carboxylic acids is 1. The number of anilines is 1. The van der Waals surface area contributed by atoms with E-state index in [0.717, 1.165) is 32.9 Å². The van der Waals surface area contributed by atoms with E-state index in [1.165, 1.54) is 12.1 Å². The summed E-state index contributed by atoms with van der Waals surface area (Å²) in [5.41, 5.74) is 3.22. The number of benzene rings is 3. The molecule has 4 unspecified atom stereocenters. The van der Waals surface area contributed by atoms with Gasteiger partial charge in [-0.1, -0.05) is 18.3 Å². The van der Waals surface area contributed by atoms with E-state index in [-0.39, 0.29) is 54.9 Å². The summed E-state index contributed by atoms with van der Waals surface area (Å²) in [6, 6.07) is 12.1. The second-order valence-corrected chi connectivity index (χ2v) is 20.8. The summed E-state index contributed by atoms with van der Waals surface area (Å²) in [5, 5.41) is 20.7. The molecule has 9 N–H and O–H groups in total. The molecule has 3 aliphatic rings. The number of nitrogens with zero attached hydrogens (tertiary/aromatic N) is 2. The number of H-pyrrole nitrogens is 1. The standard InChI is InChI=1S/C45H53N6O18P3/c1-5-46-35-22-37-33(19-26(35)3)41(34-20-27(4)36(47-6-2)23-38(34)67-37)32-21-28(13-15-31(32)44(55)56)42(53)49-17-9-7-8-12-39(52)48-18-10-11-29-24-51(45(57)50-43(29)54)40-16-14-30(66-40)25-65-71(61,62)69-72(63,64)68-70(58,59)60/h13,15,19-24,30,40,46H,5-9,12,14,16-18,25H2,1-4H3,(H,48,52)(H,49,53)(H,55,56)(H,61,62)(H,63,64)(H,50,54,57)(H2,58,59,60). The van der Waals surface area contributed by atoms with Gasteiger partial charge in [0, 0.05) is 72.1 Å². The third-order valence-electron chi connectivity index (χ3n) is 11.0. The first-order chi connectivity index (χ1) is 34.0. The zero-order valence-electron chi connectivity index (χ0n) is 39.3. The maximum absolute atomic E-state index is 13.5. The lowest BCUT2D eigenvalue weighted by Gasteiger charge is -2.20. The maximum atomic E-state index is 13.5. The normalized spacial score (nSPS) is 16.7. The van der Waals surface area contributed by atoms with Crippen molar-refractivity contribution >= 4 is 57.9 Å². The van der Waals surface area contributed by atoms with Crippen molar-refractivity contribution in [2.45, 2.75) is 78.6 Å². The van der Waals surface area contributed by atoms with Gasteiger partial charge in [0.1, 0.15) is 23.1 Å². The molecule has 24 nitrogen and oxygen atoms in total. The van der Waals surface area contributed by atoms with Gasteiger partial charge in [-0.05, 0) is 100 Å². The van der Waals surface area contributed by atoms with E-state index >= 15 is 0 Å². The lowest BCUT2D eigenvalue weighted by molar-refractivity contribution is -0.121. The molecule has 386 valence electrons. The molecule has 0 spiro atoms. The molecule has 2 aromatic carbocycles. The summed E-state index contributed by atoms with van der Waals surface area (Å²) in [6.07, 6.45) is 1.10. The Morgan fingerprint density at radius 3 is 2.39 bits per heavy atom. The predicted molar refractivity (Wildman–Crippen MR) is 260 cm³/mol. The highest BCUT2D eigenvalue weighted by molar-refractivity contribution is 7.66. The molecule has 0 saturated carbocycles. The number of carbonyl (C=O) groups excluding carboxylic acids is 2. The summed E-state index contributed by atoms with van der Waals surface area (Å²) >= 11 is 0. The van der Waals surface area contributed by atoms with Gasteiger partial charge in [-0.3, -0.25) is 33.5 Å². The number of unbranched alkanes of at least 4 members (excludes halogenated alkanes) is 2. The molecule has 6 rings (SSSR count). The third-order valence-corrected chi connectivity index (χ3v) is 14.8. The Balaban J connectivity index is 1.01. The number of rotatable bonds is 21. The highest BCUT2D eigenvalue weighted by Gasteiger charge is 2.41. The summed E-state index contributed by atoms with van der Waals surface area (Å²) in [5.74, 6) is 3.83. The quantitative estimate of drug-likeness (QED) is 0.0197. The molecule has 72 heavy (non-hydrogen) atoms. The number of aromatic nitrogens is 2. The second kappa shape index (κ2) is 23.7. The summed E-state index contributed by atoms with van der Waals surface area (Å²) in [6.45, 7) is 8.43. The number of carbonyl (C=O) groups is 3. The van der Waals surface area contributed by atoms with E-state index in [4.69, 9.17) is 18.9 Å². The average molecular weight is 1060 g/mol. The Hall–Kier alpha value is -6.05. The third kappa shape index (κ3) is 14.6. The van der Waals surface area contributed by atoms with Crippen molar-refractivity contribution in [3.8, 4) is 34.3 Å². The van der Waals surface area contributed by atoms with Crippen LogP contribution in [0, 0.1) is 25.7 Å². The number of amides is 2. The fraction of sp³-hybridized carbons (Fsp3) is 0.378. The van der Waals surface area contributed by atoms with Crippen LogP contribution in [-0.2, 0) is 36.4 Å². The molecule has 27 heteroatoms. The first kappa shape index (κ1) is 55.3. The Bertz CT molecular complexity index is 3260. The van der Waals surface area contributed by atoms with Crippen LogP contribution in [0.3, 0.4) is 0 Å². The van der Waals surface area contributed by atoms with Gasteiger partial charge >= 0.3 is 35.1 Å². The molecule has 1 aromatic heterocycles. The number of carboxylic acid groups (broad SMARTS) is 1. The Morgan fingerprint density at radius 2 is 1.68 bits per heavy atom. The van der Waals surface area contributed by atoms with Crippen molar-refractivity contribution in [3.05, 3.63) is 103 Å². The van der Waals surface area contributed by atoms with Crippen LogP contribution in [0.15, 0.2) is 67.7 Å². The zero-order chi connectivity index (χ0) is 52.5. The molecule has 3 aromatic rings. The van der Waals surface area contributed by atoms with Crippen LogP contribution in [0.2, 0.25) is 0 Å². The zero-order valence-corrected chi connectivity index (χ0v) is 42.0. The smallest absolute Gasteiger partial charge is 0.478 e. The topological polar surface area (TPSA) is 357 Å². The van der Waals surface area contributed by atoms with Gasteiger partial charge in [-0.2, -0.15) is 8.62 Å². The fourth-order valence-corrected chi connectivity index (χ4v) is 10.9. The van der Waals surface area contributed by atoms with Crippen molar-refractivity contribution in [1.29, 1.82) is 0 Å². The Kier molecular flexibility index (Phi) is 18.2. The van der Waals surface area contributed by atoms with Crippen molar-refractivity contribution in [1.82, 2.24) is 20.2 Å². The van der Waals surface area contributed by atoms with Crippen LogP contribution in [0.4, 0.5) is 5.69 Å². The Morgan fingerprint density at radius 1 is 0.917 bits per heavy atom. The number of fused-ring (bicyclic) bond motifs is 2. The molecule has 4 atom stereocenters. The summed E-state index contributed by atoms with van der Waals surface area (Å²) < 4.78 is 59.5. The molecule has 3 heterocycles. The van der Waals surface area contributed by atoms with E-state index in [1.54, 1.807) is 6.07 Å². The molecular formula is C45H53N6O18P3. The maximum Gasteiger partial charge on any atom is 0.490 e. The largest absolute Gasteiger partial charge is 0.490 e. The van der Waals surface area contributed by atoms with Gasteiger partial charge in [0.15, 0.2) is 0 Å². The lowest BCUT2D eigenvalue weighted by Crippen LogP contribution is -2.33. The number of hydrogen-bond acceptors (Lipinski definition) is 15. The lowest BCUT2D eigenvalue weighted by atomic mass is 9.88. The molecule has 0 bridgehead atoms. The van der Waals surface area contributed by atoms with Gasteiger partial charge in [0.2, 0.25) is 5.91 Å². The predicted octanol–water partition coefficient (Wildman–Crippen LogP) is 5.20. The van der Waals surface area contributed by atoms with E-state index in [2.05, 4.69) is 50.9 Å². The monoisotopic (exact) mass is 1060 g/mol. The van der Waals surface area contributed by atoms with Gasteiger partial charge in [0.05, 0.1) is 30.2 Å². The first-order valence-corrected chi connectivity index (χ1v) is 27.0. The highest BCUT2D eigenvalue weighted by Crippen LogP contribution is 2.66. The van der Waals surface area contributed by atoms with Crippen LogP contribution < -0.4 is 32.6 Å². The molecule has 1 saturated heterocycles. The van der Waals surface area contributed by atoms with Crippen LogP contribution >= 0.6 is 23.5 Å². The van der Waals surface area contributed by atoms with Crippen LogP contribution in [0.1, 0.15) is 96.0 Å². The number of ether oxygens (including phenoxy) is 1. The number of phosphoric acid groups is 3. The number of hydrogen-bond donors (Lipinski definition) is 9. The number of aryl methyl sites for hydroxylation is 2. The van der Waals surface area contributed by atoms with Crippen LogP contribution in [0.25, 0.3) is 33.4 Å². The molecular weight excluding hydrogens is 1010 g/mol. The molecule has 2 amide bonds. The van der Waals surface area contributed by atoms with Gasteiger partial charge in [-0.25, -0.2) is 23.3 Å². The minimum Gasteiger partial charge on any atom is -0.478 e. The molecule has 1 aliphatic carbocycles. The van der Waals surface area contributed by atoms with Crippen molar-refractivity contribution < 1.29 is 75.1 Å². The van der Waals surface area contributed by atoms with E-state index in [9.17, 15) is 52.6 Å². The van der Waals surface area contributed by atoms with Crippen molar-refractivity contribution in [2.75, 3.05) is 38.1 Å². The Labute approximate surface area is 410 Å². The number of aromatic carboxylic acids is 1. The van der Waals surface area contributed by atoms with Crippen LogP contribution in [-0.4, -0.2) is 90.9 Å². The van der Waals surface area contributed by atoms with E-state index < -0.39 is 65.5 Å². The molecule has 2 aliphatic heterocycles. The van der Waals surface area contributed by atoms with E-state index in [0.29, 0.717) is 65.8 Å². The highest BCUT2D eigenvalue weighted by atomic mass is 31.3. The van der Waals surface area contributed by atoms with Gasteiger partial charge in [0.25, 0.3) is 11.5 Å². The summed E-state index contributed by atoms with van der Waals surface area (Å²) in [4.78, 5) is 107. The summed E-state index contributed by atoms with van der Waals surface area (Å²) in [7, 11) is -16.7. The van der Waals surface area contributed by atoms with Crippen LogP contribution in [0.5, 0.6) is 0 Å².